The number of benzene rings is 1. The van der Waals surface area contributed by atoms with Crippen LogP contribution in [0.2, 0.25) is 0 Å². The summed E-state index contributed by atoms with van der Waals surface area (Å²) < 4.78 is 11.2. The molecule has 0 fully saturated rings. The summed E-state index contributed by atoms with van der Waals surface area (Å²) >= 11 is 0. The molecule has 0 aliphatic rings. The zero-order chi connectivity index (χ0) is 16.5. The van der Waals surface area contributed by atoms with Gasteiger partial charge in [0.1, 0.15) is 18.1 Å². The lowest BCUT2D eigenvalue weighted by Gasteiger charge is -2.24. The molecule has 1 heterocycles. The van der Waals surface area contributed by atoms with Crippen LogP contribution in [0.5, 0.6) is 5.75 Å². The highest BCUT2D eigenvalue weighted by atomic mass is 16.5. The van der Waals surface area contributed by atoms with Crippen LogP contribution in [0.4, 0.5) is 0 Å². The van der Waals surface area contributed by atoms with Crippen LogP contribution in [0.15, 0.2) is 28.7 Å². The zero-order valence-electron chi connectivity index (χ0n) is 13.7. The van der Waals surface area contributed by atoms with Crippen LogP contribution in [0.25, 0.3) is 0 Å². The van der Waals surface area contributed by atoms with Crippen molar-refractivity contribution in [2.75, 3.05) is 0 Å². The van der Waals surface area contributed by atoms with Crippen molar-refractivity contribution in [2.45, 2.75) is 46.6 Å². The minimum absolute atomic E-state index is 0.0288. The van der Waals surface area contributed by atoms with Crippen LogP contribution in [-0.4, -0.2) is 11.1 Å². The van der Waals surface area contributed by atoms with Crippen molar-refractivity contribution in [1.82, 2.24) is 0 Å². The Morgan fingerprint density at radius 1 is 1.27 bits per heavy atom. The maximum atomic E-state index is 10.9. The van der Waals surface area contributed by atoms with E-state index in [0.717, 1.165) is 22.4 Å². The Kier molecular flexibility index (Phi) is 4.31. The van der Waals surface area contributed by atoms with Crippen molar-refractivity contribution in [3.8, 4) is 5.75 Å². The number of para-hydroxylation sites is 1. The summed E-state index contributed by atoms with van der Waals surface area (Å²) in [5, 5.41) is 8.97. The summed E-state index contributed by atoms with van der Waals surface area (Å²) in [5.41, 5.74) is 2.92. The van der Waals surface area contributed by atoms with Gasteiger partial charge >= 0.3 is 5.97 Å². The third-order valence-electron chi connectivity index (χ3n) is 3.62. The number of carboxylic acids is 1. The van der Waals surface area contributed by atoms with Gasteiger partial charge in [0.15, 0.2) is 0 Å². The lowest BCUT2D eigenvalue weighted by atomic mass is 9.85. The van der Waals surface area contributed by atoms with Crippen molar-refractivity contribution in [3.63, 3.8) is 0 Å². The molecule has 0 aliphatic carbocycles. The summed E-state index contributed by atoms with van der Waals surface area (Å²) in [6.45, 7) is 10.5. The highest BCUT2D eigenvalue weighted by molar-refractivity contribution is 5.84. The Balaban J connectivity index is 2.27. The van der Waals surface area contributed by atoms with E-state index in [1.807, 2.05) is 19.1 Å². The summed E-state index contributed by atoms with van der Waals surface area (Å²) in [5.74, 6) is 0.299. The molecule has 118 valence electrons. The molecule has 1 aromatic heterocycles. The number of aryl methyl sites for hydroxylation is 2. The maximum Gasteiger partial charge on any atom is 0.371 e. The minimum atomic E-state index is -1.07. The molecule has 0 amide bonds. The van der Waals surface area contributed by atoms with Crippen LogP contribution in [-0.2, 0) is 12.0 Å². The van der Waals surface area contributed by atoms with Crippen LogP contribution < -0.4 is 4.74 Å². The molecule has 0 saturated heterocycles. The van der Waals surface area contributed by atoms with E-state index in [2.05, 4.69) is 26.8 Å². The first-order valence-electron chi connectivity index (χ1n) is 7.25. The topological polar surface area (TPSA) is 59.7 Å². The number of hydrogen-bond acceptors (Lipinski definition) is 3. The molecular formula is C18H22O4. The fraction of sp³-hybridized carbons (Fsp3) is 0.389. The molecular weight excluding hydrogens is 280 g/mol. The van der Waals surface area contributed by atoms with Gasteiger partial charge in [0.2, 0.25) is 5.76 Å². The molecule has 0 spiro atoms. The monoisotopic (exact) mass is 302 g/mol. The Hall–Kier alpha value is -2.23. The Bertz CT molecular complexity index is 690. The third-order valence-corrected chi connectivity index (χ3v) is 3.62. The van der Waals surface area contributed by atoms with Gasteiger partial charge in [-0.05, 0) is 36.5 Å². The van der Waals surface area contributed by atoms with Gasteiger partial charge in [0, 0.05) is 5.56 Å². The molecule has 0 aliphatic heterocycles. The van der Waals surface area contributed by atoms with E-state index in [9.17, 15) is 4.79 Å². The lowest BCUT2D eigenvalue weighted by molar-refractivity contribution is 0.0661. The van der Waals surface area contributed by atoms with Gasteiger partial charge < -0.3 is 14.3 Å². The average Bonchev–Trinajstić information content (AvgIpc) is 2.78. The first-order chi connectivity index (χ1) is 10.2. The molecule has 1 N–H and O–H groups in total. The Morgan fingerprint density at radius 2 is 1.95 bits per heavy atom. The number of hydrogen-bond donors (Lipinski definition) is 1. The second kappa shape index (κ2) is 5.87. The standard InChI is InChI=1S/C18H22O4/c1-11-7-6-8-14(18(3,4)5)16(11)21-10-13-9-15(17(19)20)22-12(13)2/h6-9H,10H2,1-5H3,(H,19,20). The van der Waals surface area contributed by atoms with Crippen LogP contribution in [0.3, 0.4) is 0 Å². The molecule has 0 unspecified atom stereocenters. The van der Waals surface area contributed by atoms with Gasteiger partial charge in [-0.2, -0.15) is 0 Å². The second-order valence-corrected chi connectivity index (χ2v) is 6.49. The van der Waals surface area contributed by atoms with Crippen molar-refractivity contribution in [1.29, 1.82) is 0 Å². The van der Waals surface area contributed by atoms with Gasteiger partial charge in [-0.15, -0.1) is 0 Å². The van der Waals surface area contributed by atoms with Crippen LogP contribution >= 0.6 is 0 Å². The predicted octanol–water partition coefficient (Wildman–Crippen LogP) is 4.47. The highest BCUT2D eigenvalue weighted by Gasteiger charge is 2.21. The quantitative estimate of drug-likeness (QED) is 0.905. The SMILES string of the molecule is Cc1cccc(C(C)(C)C)c1OCc1cc(C(=O)O)oc1C. The molecule has 1 aromatic carbocycles. The molecule has 0 saturated carbocycles. The van der Waals surface area contributed by atoms with E-state index >= 15 is 0 Å². The van der Waals surface area contributed by atoms with Crippen molar-refractivity contribution in [2.24, 2.45) is 0 Å². The highest BCUT2D eigenvalue weighted by Crippen LogP contribution is 2.34. The molecule has 2 rings (SSSR count). The van der Waals surface area contributed by atoms with Gasteiger partial charge in [-0.25, -0.2) is 4.79 Å². The van der Waals surface area contributed by atoms with E-state index in [1.165, 1.54) is 6.07 Å². The van der Waals surface area contributed by atoms with Gasteiger partial charge in [0.25, 0.3) is 0 Å². The summed E-state index contributed by atoms with van der Waals surface area (Å²) in [4.78, 5) is 10.9. The van der Waals surface area contributed by atoms with Gasteiger partial charge in [-0.1, -0.05) is 39.0 Å². The molecule has 2 aromatic rings. The summed E-state index contributed by atoms with van der Waals surface area (Å²) in [6.07, 6.45) is 0. The van der Waals surface area contributed by atoms with Gasteiger partial charge in [0.05, 0.1) is 0 Å². The molecule has 0 bridgehead atoms. The fourth-order valence-corrected chi connectivity index (χ4v) is 2.35. The number of aromatic carboxylic acids is 1. The van der Waals surface area contributed by atoms with E-state index in [1.54, 1.807) is 6.92 Å². The normalized spacial score (nSPS) is 11.5. The zero-order valence-corrected chi connectivity index (χ0v) is 13.7. The van der Waals surface area contributed by atoms with Crippen LogP contribution in [0, 0.1) is 13.8 Å². The summed E-state index contributed by atoms with van der Waals surface area (Å²) in [7, 11) is 0. The first-order valence-corrected chi connectivity index (χ1v) is 7.25. The van der Waals surface area contributed by atoms with Gasteiger partial charge in [-0.3, -0.25) is 0 Å². The lowest BCUT2D eigenvalue weighted by Crippen LogP contribution is -2.14. The number of carboxylic acid groups (broad SMARTS) is 1. The third kappa shape index (κ3) is 3.32. The Labute approximate surface area is 130 Å². The second-order valence-electron chi connectivity index (χ2n) is 6.49. The van der Waals surface area contributed by atoms with E-state index in [-0.39, 0.29) is 17.8 Å². The maximum absolute atomic E-state index is 10.9. The fourth-order valence-electron chi connectivity index (χ4n) is 2.35. The molecule has 22 heavy (non-hydrogen) atoms. The van der Waals surface area contributed by atoms with Crippen molar-refractivity contribution >= 4 is 5.97 Å². The molecule has 4 heteroatoms. The smallest absolute Gasteiger partial charge is 0.371 e. The van der Waals surface area contributed by atoms with Crippen molar-refractivity contribution in [3.05, 3.63) is 52.5 Å². The molecule has 0 radical (unpaired) electrons. The number of furan rings is 1. The van der Waals surface area contributed by atoms with Crippen LogP contribution in [0.1, 0.15) is 53.8 Å². The largest absolute Gasteiger partial charge is 0.488 e. The van der Waals surface area contributed by atoms with E-state index in [4.69, 9.17) is 14.3 Å². The number of ether oxygens (including phenoxy) is 1. The average molecular weight is 302 g/mol. The molecule has 0 atom stereocenters. The Morgan fingerprint density at radius 3 is 2.50 bits per heavy atom. The predicted molar refractivity (Wildman–Crippen MR) is 84.6 cm³/mol. The minimum Gasteiger partial charge on any atom is -0.488 e. The van der Waals surface area contributed by atoms with Crippen molar-refractivity contribution < 1.29 is 19.1 Å². The summed E-state index contributed by atoms with van der Waals surface area (Å²) in [6, 6.07) is 7.61. The number of rotatable bonds is 4. The van der Waals surface area contributed by atoms with E-state index in [0.29, 0.717) is 5.76 Å². The van der Waals surface area contributed by atoms with E-state index < -0.39 is 5.97 Å². The number of carbonyl (C=O) groups is 1. The first kappa shape index (κ1) is 16.1. The molecule has 4 nitrogen and oxygen atoms in total.